The fourth-order valence-electron chi connectivity index (χ4n) is 2.47. The first-order valence-electron chi connectivity index (χ1n) is 7.15. The third kappa shape index (κ3) is 3.02. The Balaban J connectivity index is 1.79. The highest BCUT2D eigenvalue weighted by Gasteiger charge is 2.23. The maximum Gasteiger partial charge on any atom is 0.119 e. The first kappa shape index (κ1) is 13.2. The summed E-state index contributed by atoms with van der Waals surface area (Å²) in [6.07, 6.45) is 2.15. The van der Waals surface area contributed by atoms with Crippen LogP contribution in [0.25, 0.3) is 0 Å². The fraction of sp³-hybridized carbons (Fsp3) is 0.333. The molecule has 2 nitrogen and oxygen atoms in total. The van der Waals surface area contributed by atoms with E-state index in [-0.39, 0.29) is 0 Å². The van der Waals surface area contributed by atoms with Gasteiger partial charge in [0.1, 0.15) is 11.9 Å². The Morgan fingerprint density at radius 3 is 2.10 bits per heavy atom. The van der Waals surface area contributed by atoms with Gasteiger partial charge >= 0.3 is 0 Å². The van der Waals surface area contributed by atoms with Gasteiger partial charge in [-0.1, -0.05) is 41.5 Å². The monoisotopic (exact) mass is 268 g/mol. The number of benzene rings is 2. The molecule has 0 amide bonds. The van der Waals surface area contributed by atoms with Crippen LogP contribution in [0.1, 0.15) is 41.2 Å². The van der Waals surface area contributed by atoms with Crippen LogP contribution in [0.2, 0.25) is 0 Å². The zero-order valence-electron chi connectivity index (χ0n) is 12.0. The molecule has 0 heterocycles. The molecule has 1 atom stereocenters. The van der Waals surface area contributed by atoms with Gasteiger partial charge in [-0.2, -0.15) is 0 Å². The van der Waals surface area contributed by atoms with Gasteiger partial charge in [0.25, 0.3) is 0 Å². The zero-order chi connectivity index (χ0) is 14.1. The molecule has 1 fully saturated rings. The quantitative estimate of drug-likeness (QED) is 0.910. The minimum absolute atomic E-state index is 0.408. The van der Waals surface area contributed by atoms with Crippen molar-refractivity contribution in [1.29, 1.82) is 0 Å². The van der Waals surface area contributed by atoms with Crippen LogP contribution in [0.4, 0.5) is 0 Å². The molecule has 2 aromatic rings. The first-order valence-corrected chi connectivity index (χ1v) is 7.15. The summed E-state index contributed by atoms with van der Waals surface area (Å²) in [5.74, 6) is 0.892. The van der Waals surface area contributed by atoms with Gasteiger partial charge in [0.15, 0.2) is 0 Å². The summed E-state index contributed by atoms with van der Waals surface area (Å²) < 4.78 is 5.72. The number of aryl methyl sites for hydroxylation is 2. The minimum Gasteiger partial charge on any atom is -0.490 e. The Labute approximate surface area is 120 Å². The predicted molar refractivity (Wildman–Crippen MR) is 80.1 cm³/mol. The topological polar surface area (TPSA) is 29.5 Å². The number of hydrogen-bond donors (Lipinski definition) is 1. The van der Waals surface area contributed by atoms with Gasteiger partial charge in [0.2, 0.25) is 0 Å². The van der Waals surface area contributed by atoms with E-state index >= 15 is 0 Å². The second-order valence-corrected chi connectivity index (χ2v) is 5.71. The van der Waals surface area contributed by atoms with Crippen molar-refractivity contribution in [2.75, 3.05) is 0 Å². The molecule has 0 saturated heterocycles. The van der Waals surface area contributed by atoms with Gasteiger partial charge in [-0.3, -0.25) is 0 Å². The maximum absolute atomic E-state index is 10.5. The maximum atomic E-state index is 10.5. The SMILES string of the molecule is Cc1cc(C)cc(C(O)c2ccc(OC3CC3)cc2)c1. The molecule has 1 N–H and O–H groups in total. The van der Waals surface area contributed by atoms with Crippen molar-refractivity contribution in [3.8, 4) is 5.75 Å². The van der Waals surface area contributed by atoms with Gasteiger partial charge in [-0.15, -0.1) is 0 Å². The lowest BCUT2D eigenvalue weighted by Crippen LogP contribution is -2.01. The van der Waals surface area contributed by atoms with Crippen LogP contribution in [0, 0.1) is 13.8 Å². The molecule has 0 spiro atoms. The zero-order valence-corrected chi connectivity index (χ0v) is 12.0. The average Bonchev–Trinajstić information content (AvgIpc) is 3.22. The summed E-state index contributed by atoms with van der Waals surface area (Å²) in [7, 11) is 0. The Morgan fingerprint density at radius 2 is 1.55 bits per heavy atom. The highest BCUT2D eigenvalue weighted by molar-refractivity contribution is 5.37. The summed E-state index contributed by atoms with van der Waals surface area (Å²) in [6.45, 7) is 4.10. The lowest BCUT2D eigenvalue weighted by Gasteiger charge is -2.14. The Morgan fingerprint density at radius 1 is 0.950 bits per heavy atom. The van der Waals surface area contributed by atoms with Crippen molar-refractivity contribution in [3.05, 3.63) is 64.7 Å². The smallest absolute Gasteiger partial charge is 0.119 e. The minimum atomic E-state index is -0.580. The molecule has 104 valence electrons. The van der Waals surface area contributed by atoms with Crippen LogP contribution < -0.4 is 4.74 Å². The van der Waals surface area contributed by atoms with Gasteiger partial charge in [-0.05, 0) is 49.9 Å². The van der Waals surface area contributed by atoms with Crippen LogP contribution in [-0.4, -0.2) is 11.2 Å². The number of aliphatic hydroxyl groups excluding tert-OH is 1. The first-order chi connectivity index (χ1) is 9.61. The molecular formula is C18H20O2. The molecule has 3 rings (SSSR count). The summed E-state index contributed by atoms with van der Waals surface area (Å²) in [6, 6.07) is 14.0. The third-order valence-electron chi connectivity index (χ3n) is 3.58. The lowest BCUT2D eigenvalue weighted by atomic mass is 9.98. The van der Waals surface area contributed by atoms with Crippen LogP contribution in [-0.2, 0) is 0 Å². The van der Waals surface area contributed by atoms with Crippen molar-refractivity contribution < 1.29 is 9.84 Å². The molecule has 0 aliphatic heterocycles. The highest BCUT2D eigenvalue weighted by atomic mass is 16.5. The standard InChI is InChI=1S/C18H20O2/c1-12-9-13(2)11-15(10-12)18(19)14-3-5-16(6-4-14)20-17-7-8-17/h3-6,9-11,17-19H,7-8H2,1-2H3. The molecule has 1 saturated carbocycles. The van der Waals surface area contributed by atoms with Gasteiger partial charge < -0.3 is 9.84 Å². The van der Waals surface area contributed by atoms with E-state index in [9.17, 15) is 5.11 Å². The molecule has 0 aromatic heterocycles. The van der Waals surface area contributed by atoms with E-state index in [1.165, 1.54) is 11.1 Å². The second kappa shape index (κ2) is 5.29. The van der Waals surface area contributed by atoms with Crippen LogP contribution >= 0.6 is 0 Å². The summed E-state index contributed by atoms with van der Waals surface area (Å²) in [5, 5.41) is 10.5. The van der Waals surface area contributed by atoms with Crippen molar-refractivity contribution in [2.24, 2.45) is 0 Å². The fourth-order valence-corrected chi connectivity index (χ4v) is 2.47. The summed E-state index contributed by atoms with van der Waals surface area (Å²) >= 11 is 0. The van der Waals surface area contributed by atoms with Gasteiger partial charge in [0.05, 0.1) is 6.10 Å². The van der Waals surface area contributed by atoms with Crippen molar-refractivity contribution in [3.63, 3.8) is 0 Å². The highest BCUT2D eigenvalue weighted by Crippen LogP contribution is 2.29. The van der Waals surface area contributed by atoms with Crippen molar-refractivity contribution >= 4 is 0 Å². The molecule has 0 radical (unpaired) electrons. The molecular weight excluding hydrogens is 248 g/mol. The van der Waals surface area contributed by atoms with Crippen LogP contribution in [0.3, 0.4) is 0 Å². The van der Waals surface area contributed by atoms with E-state index < -0.39 is 6.10 Å². The third-order valence-corrected chi connectivity index (χ3v) is 3.58. The van der Waals surface area contributed by atoms with E-state index in [0.717, 1.165) is 29.7 Å². The van der Waals surface area contributed by atoms with E-state index in [0.29, 0.717) is 6.10 Å². The van der Waals surface area contributed by atoms with E-state index in [4.69, 9.17) is 4.74 Å². The Hall–Kier alpha value is -1.80. The molecule has 1 aliphatic rings. The van der Waals surface area contributed by atoms with Crippen molar-refractivity contribution in [1.82, 2.24) is 0 Å². The average molecular weight is 268 g/mol. The van der Waals surface area contributed by atoms with E-state index in [1.54, 1.807) is 0 Å². The summed E-state index contributed by atoms with van der Waals surface area (Å²) in [4.78, 5) is 0. The summed E-state index contributed by atoms with van der Waals surface area (Å²) in [5.41, 5.74) is 4.19. The largest absolute Gasteiger partial charge is 0.490 e. The Bertz CT molecular complexity index is 577. The van der Waals surface area contributed by atoms with Crippen LogP contribution in [0.5, 0.6) is 5.75 Å². The normalized spacial score (nSPS) is 15.9. The van der Waals surface area contributed by atoms with Crippen molar-refractivity contribution in [2.45, 2.75) is 38.9 Å². The number of hydrogen-bond acceptors (Lipinski definition) is 2. The molecule has 2 aromatic carbocycles. The number of ether oxygens (including phenoxy) is 1. The second-order valence-electron chi connectivity index (χ2n) is 5.71. The van der Waals surface area contributed by atoms with Gasteiger partial charge in [0, 0.05) is 0 Å². The molecule has 1 unspecified atom stereocenters. The predicted octanol–water partition coefficient (Wildman–Crippen LogP) is 3.93. The number of aliphatic hydroxyl groups is 1. The number of rotatable bonds is 4. The molecule has 1 aliphatic carbocycles. The van der Waals surface area contributed by atoms with E-state index in [1.807, 2.05) is 36.4 Å². The molecule has 0 bridgehead atoms. The molecule has 20 heavy (non-hydrogen) atoms. The lowest BCUT2D eigenvalue weighted by molar-refractivity contribution is 0.220. The van der Waals surface area contributed by atoms with Gasteiger partial charge in [-0.25, -0.2) is 0 Å². The van der Waals surface area contributed by atoms with E-state index in [2.05, 4.69) is 19.9 Å². The molecule has 2 heteroatoms. The Kier molecular flexibility index (Phi) is 3.49. The van der Waals surface area contributed by atoms with Crippen LogP contribution in [0.15, 0.2) is 42.5 Å².